The number of thiophene rings is 1. The predicted octanol–water partition coefficient (Wildman–Crippen LogP) is 5.54. The molecule has 3 rings (SSSR count). The van der Waals surface area contributed by atoms with Crippen molar-refractivity contribution in [3.05, 3.63) is 51.2 Å². The van der Waals surface area contributed by atoms with Crippen LogP contribution in [0.15, 0.2) is 29.6 Å². The van der Waals surface area contributed by atoms with Gasteiger partial charge >= 0.3 is 0 Å². The average molecular weight is 471 g/mol. The lowest BCUT2D eigenvalue weighted by molar-refractivity contribution is -0.147. The molecule has 2 amide bonds. The first kappa shape index (κ1) is 25.3. The van der Waals surface area contributed by atoms with Gasteiger partial charge in [0.15, 0.2) is 0 Å². The van der Waals surface area contributed by atoms with Gasteiger partial charge in [0, 0.05) is 23.4 Å². The van der Waals surface area contributed by atoms with Gasteiger partial charge in [-0.2, -0.15) is 0 Å². The van der Waals surface area contributed by atoms with Crippen LogP contribution in [-0.2, 0) is 16.0 Å². The molecule has 0 saturated carbocycles. The Hall–Kier alpha value is -2.34. The van der Waals surface area contributed by atoms with E-state index in [0.29, 0.717) is 19.6 Å². The van der Waals surface area contributed by atoms with Crippen LogP contribution in [0.3, 0.4) is 0 Å². The number of hydrogen-bond acceptors (Lipinski definition) is 4. The summed E-state index contributed by atoms with van der Waals surface area (Å²) in [6.07, 6.45) is 1.28. The van der Waals surface area contributed by atoms with Gasteiger partial charge in [-0.1, -0.05) is 31.5 Å². The zero-order valence-corrected chi connectivity index (χ0v) is 21.9. The topological polar surface area (TPSA) is 49.9 Å². The lowest BCUT2D eigenvalue weighted by Gasteiger charge is -2.40. The summed E-state index contributed by atoms with van der Waals surface area (Å²) in [6, 6.07) is 8.11. The molecular formula is C27H38N2O3S. The summed E-state index contributed by atoms with van der Waals surface area (Å²) in [7, 11) is 0. The van der Waals surface area contributed by atoms with Gasteiger partial charge in [0.05, 0.1) is 6.04 Å². The second kappa shape index (κ2) is 10.3. The second-order valence-electron chi connectivity index (χ2n) is 10.5. The van der Waals surface area contributed by atoms with E-state index in [1.165, 1.54) is 16.0 Å². The SMILES string of the molecule is Cc1ccc(OC[C@H]2c3ccsc3CCN2C(=O)CN(C(=O)CC(C)C)C(C)(C)C)c(C)c1. The number of ether oxygens (including phenoxy) is 1. The van der Waals surface area contributed by atoms with Crippen molar-refractivity contribution >= 4 is 23.2 Å². The van der Waals surface area contributed by atoms with Crippen molar-refractivity contribution < 1.29 is 14.3 Å². The molecular weight excluding hydrogens is 432 g/mol. The Morgan fingerprint density at radius 1 is 1.21 bits per heavy atom. The summed E-state index contributed by atoms with van der Waals surface area (Å²) in [4.78, 5) is 31.5. The average Bonchev–Trinajstić information content (AvgIpc) is 3.18. The van der Waals surface area contributed by atoms with E-state index in [1.54, 1.807) is 16.2 Å². The number of fused-ring (bicyclic) bond motifs is 1. The van der Waals surface area contributed by atoms with Crippen molar-refractivity contribution in [2.75, 3.05) is 19.7 Å². The van der Waals surface area contributed by atoms with E-state index in [0.717, 1.165) is 17.7 Å². The van der Waals surface area contributed by atoms with E-state index in [9.17, 15) is 9.59 Å². The van der Waals surface area contributed by atoms with Crippen molar-refractivity contribution in [2.24, 2.45) is 5.92 Å². The van der Waals surface area contributed by atoms with Crippen LogP contribution in [0.5, 0.6) is 5.75 Å². The quantitative estimate of drug-likeness (QED) is 0.534. The number of carbonyl (C=O) groups is 2. The fourth-order valence-electron chi connectivity index (χ4n) is 4.39. The summed E-state index contributed by atoms with van der Waals surface area (Å²) in [6.45, 7) is 15.3. The van der Waals surface area contributed by atoms with Crippen LogP contribution in [0.4, 0.5) is 0 Å². The maximum Gasteiger partial charge on any atom is 0.242 e. The Morgan fingerprint density at radius 3 is 2.58 bits per heavy atom. The third kappa shape index (κ3) is 6.17. The van der Waals surface area contributed by atoms with E-state index in [-0.39, 0.29) is 30.3 Å². The van der Waals surface area contributed by atoms with Crippen molar-refractivity contribution in [3.63, 3.8) is 0 Å². The zero-order chi connectivity index (χ0) is 24.3. The maximum atomic E-state index is 13.6. The van der Waals surface area contributed by atoms with Crippen LogP contribution in [-0.4, -0.2) is 46.8 Å². The van der Waals surface area contributed by atoms with Gasteiger partial charge in [0.2, 0.25) is 11.8 Å². The minimum atomic E-state index is -0.421. The van der Waals surface area contributed by atoms with E-state index >= 15 is 0 Å². The third-order valence-corrected chi connectivity index (χ3v) is 7.13. The number of amides is 2. The zero-order valence-electron chi connectivity index (χ0n) is 21.1. The van der Waals surface area contributed by atoms with Crippen molar-refractivity contribution in [2.45, 2.75) is 72.9 Å². The monoisotopic (exact) mass is 470 g/mol. The van der Waals surface area contributed by atoms with Gasteiger partial charge in [0.1, 0.15) is 18.9 Å². The van der Waals surface area contributed by atoms with Gasteiger partial charge in [-0.3, -0.25) is 9.59 Å². The van der Waals surface area contributed by atoms with Gasteiger partial charge in [-0.05, 0) is 75.6 Å². The number of nitrogens with zero attached hydrogens (tertiary/aromatic N) is 2. The molecule has 2 heterocycles. The minimum Gasteiger partial charge on any atom is -0.491 e. The molecule has 6 heteroatoms. The number of rotatable bonds is 7. The molecule has 1 atom stereocenters. The Labute approximate surface area is 202 Å². The first-order valence-electron chi connectivity index (χ1n) is 11.8. The van der Waals surface area contributed by atoms with Crippen LogP contribution >= 0.6 is 11.3 Å². The smallest absolute Gasteiger partial charge is 0.242 e. The molecule has 0 N–H and O–H groups in total. The largest absolute Gasteiger partial charge is 0.491 e. The molecule has 0 saturated heterocycles. The maximum absolute atomic E-state index is 13.6. The normalized spacial score (nSPS) is 16.0. The molecule has 5 nitrogen and oxygen atoms in total. The Morgan fingerprint density at radius 2 is 1.94 bits per heavy atom. The highest BCUT2D eigenvalue weighted by Crippen LogP contribution is 2.34. The Kier molecular flexibility index (Phi) is 7.88. The fraction of sp³-hybridized carbons (Fsp3) is 0.556. The number of hydrogen-bond donors (Lipinski definition) is 0. The highest BCUT2D eigenvalue weighted by molar-refractivity contribution is 7.10. The van der Waals surface area contributed by atoms with Crippen LogP contribution in [0.25, 0.3) is 0 Å². The van der Waals surface area contributed by atoms with Crippen LogP contribution in [0.2, 0.25) is 0 Å². The van der Waals surface area contributed by atoms with E-state index in [2.05, 4.69) is 24.4 Å². The molecule has 0 spiro atoms. The summed E-state index contributed by atoms with van der Waals surface area (Å²) < 4.78 is 6.24. The number of carbonyl (C=O) groups excluding carboxylic acids is 2. The molecule has 0 radical (unpaired) electrons. The first-order chi connectivity index (χ1) is 15.5. The van der Waals surface area contributed by atoms with Crippen LogP contribution in [0, 0.1) is 19.8 Å². The standard InChI is InChI=1S/C27H38N2O3S/c1-18(2)14-25(30)29(27(5,6)7)16-26(31)28-12-10-24-21(11-13-33-24)22(28)17-32-23-9-8-19(3)15-20(23)4/h8-9,11,13,15,18,22H,10,12,14,16-17H2,1-7H3/t22-/m0/s1. The first-order valence-corrected chi connectivity index (χ1v) is 12.7. The second-order valence-corrected chi connectivity index (χ2v) is 11.5. The van der Waals surface area contributed by atoms with Gasteiger partial charge in [-0.15, -0.1) is 11.3 Å². The summed E-state index contributed by atoms with van der Waals surface area (Å²) >= 11 is 1.74. The highest BCUT2D eigenvalue weighted by atomic mass is 32.1. The Bertz CT molecular complexity index is 989. The van der Waals surface area contributed by atoms with Gasteiger partial charge < -0.3 is 14.5 Å². The van der Waals surface area contributed by atoms with Gasteiger partial charge in [-0.25, -0.2) is 0 Å². The molecule has 33 heavy (non-hydrogen) atoms. The third-order valence-electron chi connectivity index (χ3n) is 6.13. The van der Waals surface area contributed by atoms with Crippen molar-refractivity contribution in [1.29, 1.82) is 0 Å². The fourth-order valence-corrected chi connectivity index (χ4v) is 5.32. The molecule has 1 aromatic carbocycles. The molecule has 0 fully saturated rings. The van der Waals surface area contributed by atoms with E-state index in [4.69, 9.17) is 4.74 Å². The molecule has 0 aliphatic carbocycles. The highest BCUT2D eigenvalue weighted by Gasteiger charge is 2.36. The van der Waals surface area contributed by atoms with E-state index < -0.39 is 5.54 Å². The van der Waals surface area contributed by atoms with Crippen LogP contribution < -0.4 is 4.74 Å². The number of aryl methyl sites for hydroxylation is 2. The molecule has 0 bridgehead atoms. The van der Waals surface area contributed by atoms with Crippen molar-refractivity contribution in [3.8, 4) is 5.75 Å². The molecule has 2 aromatic rings. The molecule has 1 aliphatic rings. The summed E-state index contributed by atoms with van der Waals surface area (Å²) in [5, 5.41) is 2.09. The minimum absolute atomic E-state index is 0.0203. The van der Waals surface area contributed by atoms with Gasteiger partial charge in [0.25, 0.3) is 0 Å². The predicted molar refractivity (Wildman–Crippen MR) is 135 cm³/mol. The molecule has 1 aliphatic heterocycles. The van der Waals surface area contributed by atoms with Crippen LogP contribution in [0.1, 0.15) is 68.6 Å². The molecule has 0 unspecified atom stereocenters. The molecule has 180 valence electrons. The molecule has 1 aromatic heterocycles. The summed E-state index contributed by atoms with van der Waals surface area (Å²) in [5.74, 6) is 1.11. The summed E-state index contributed by atoms with van der Waals surface area (Å²) in [5.41, 5.74) is 3.03. The van der Waals surface area contributed by atoms with Crippen molar-refractivity contribution in [1.82, 2.24) is 9.80 Å². The lowest BCUT2D eigenvalue weighted by atomic mass is 9.99. The lowest BCUT2D eigenvalue weighted by Crippen LogP contribution is -2.53. The number of benzene rings is 1. The Balaban J connectivity index is 1.81. The van der Waals surface area contributed by atoms with E-state index in [1.807, 2.05) is 58.6 Å².